The van der Waals surface area contributed by atoms with E-state index in [4.69, 9.17) is 11.6 Å². The second kappa shape index (κ2) is 7.02. The highest BCUT2D eigenvalue weighted by Gasteiger charge is 2.26. The van der Waals surface area contributed by atoms with Crippen molar-refractivity contribution in [2.45, 2.75) is 32.4 Å². The molecular formula is C14H20ClN3O2. The first-order valence-corrected chi connectivity index (χ1v) is 7.37. The lowest BCUT2D eigenvalue weighted by Crippen LogP contribution is -2.33. The van der Waals surface area contributed by atoms with Crippen LogP contribution in [0, 0.1) is 10.1 Å². The third kappa shape index (κ3) is 4.16. The number of nitro groups is 1. The van der Waals surface area contributed by atoms with Crippen LogP contribution in [0.3, 0.4) is 0 Å². The molecule has 1 fully saturated rings. The first kappa shape index (κ1) is 15.2. The van der Waals surface area contributed by atoms with Crippen molar-refractivity contribution in [3.8, 4) is 0 Å². The van der Waals surface area contributed by atoms with Crippen LogP contribution in [0.1, 0.15) is 25.3 Å². The quantitative estimate of drug-likeness (QED) is 0.455. The molecule has 0 atom stereocenters. The lowest BCUT2D eigenvalue weighted by Gasteiger charge is -2.19. The van der Waals surface area contributed by atoms with Gasteiger partial charge in [-0.25, -0.2) is 0 Å². The van der Waals surface area contributed by atoms with Gasteiger partial charge >= 0.3 is 0 Å². The van der Waals surface area contributed by atoms with Crippen LogP contribution >= 0.6 is 11.6 Å². The number of likely N-dealkylation sites (N-methyl/N-ethyl adjacent to an activating group) is 1. The molecule has 110 valence electrons. The standard InChI is InChI=1S/C14H20ClN3O2/c1-2-17(12-5-6-12)8-7-16-10-11-3-4-13(18(19)20)9-14(11)15/h3-4,9,12,16H,2,5-8,10H2,1H3. The maximum atomic E-state index is 10.6. The van der Waals surface area contributed by atoms with Crippen molar-refractivity contribution in [2.24, 2.45) is 0 Å². The predicted molar refractivity (Wildman–Crippen MR) is 80.1 cm³/mol. The highest BCUT2D eigenvalue weighted by Crippen LogP contribution is 2.26. The summed E-state index contributed by atoms with van der Waals surface area (Å²) >= 11 is 6.05. The highest BCUT2D eigenvalue weighted by atomic mass is 35.5. The minimum atomic E-state index is -0.433. The summed E-state index contributed by atoms with van der Waals surface area (Å²) in [6.07, 6.45) is 2.64. The Balaban J connectivity index is 1.77. The van der Waals surface area contributed by atoms with Gasteiger partial charge in [-0.2, -0.15) is 0 Å². The number of hydrogen-bond donors (Lipinski definition) is 1. The summed E-state index contributed by atoms with van der Waals surface area (Å²) < 4.78 is 0. The van der Waals surface area contributed by atoms with E-state index in [1.807, 2.05) is 0 Å². The number of rotatable bonds is 8. The van der Waals surface area contributed by atoms with Crippen LogP contribution in [0.15, 0.2) is 18.2 Å². The number of nitro benzene ring substituents is 1. The molecule has 0 radical (unpaired) electrons. The minimum absolute atomic E-state index is 0.0321. The summed E-state index contributed by atoms with van der Waals surface area (Å²) in [7, 11) is 0. The minimum Gasteiger partial charge on any atom is -0.311 e. The van der Waals surface area contributed by atoms with Gasteiger partial charge in [0.25, 0.3) is 5.69 Å². The molecular weight excluding hydrogens is 278 g/mol. The lowest BCUT2D eigenvalue weighted by atomic mass is 10.2. The summed E-state index contributed by atoms with van der Waals surface area (Å²) in [6, 6.07) is 5.39. The van der Waals surface area contributed by atoms with Crippen LogP contribution in [0.4, 0.5) is 5.69 Å². The van der Waals surface area contributed by atoms with Gasteiger partial charge in [-0.05, 0) is 31.0 Å². The van der Waals surface area contributed by atoms with Crippen LogP contribution in [-0.4, -0.2) is 35.5 Å². The Morgan fingerprint density at radius 1 is 1.50 bits per heavy atom. The first-order valence-electron chi connectivity index (χ1n) is 6.99. The third-order valence-corrected chi connectivity index (χ3v) is 3.96. The Morgan fingerprint density at radius 3 is 2.80 bits per heavy atom. The maximum Gasteiger partial charge on any atom is 0.270 e. The zero-order valence-corrected chi connectivity index (χ0v) is 12.4. The second-order valence-corrected chi connectivity index (χ2v) is 5.48. The van der Waals surface area contributed by atoms with E-state index in [9.17, 15) is 10.1 Å². The summed E-state index contributed by atoms with van der Waals surface area (Å²) in [6.45, 7) is 5.85. The van der Waals surface area contributed by atoms with Crippen molar-refractivity contribution in [1.29, 1.82) is 0 Å². The molecule has 1 aromatic rings. The van der Waals surface area contributed by atoms with Gasteiger partial charge in [-0.3, -0.25) is 15.0 Å². The molecule has 0 saturated heterocycles. The normalized spacial score (nSPS) is 14.8. The molecule has 1 aromatic carbocycles. The van der Waals surface area contributed by atoms with Gasteiger partial charge in [0, 0.05) is 37.8 Å². The molecule has 0 unspecified atom stereocenters. The maximum absolute atomic E-state index is 10.6. The van der Waals surface area contributed by atoms with Crippen LogP contribution in [-0.2, 0) is 6.54 Å². The number of hydrogen-bond acceptors (Lipinski definition) is 4. The zero-order chi connectivity index (χ0) is 14.5. The Labute approximate surface area is 124 Å². The average Bonchev–Trinajstić information content (AvgIpc) is 3.24. The van der Waals surface area contributed by atoms with Crippen molar-refractivity contribution in [2.75, 3.05) is 19.6 Å². The summed E-state index contributed by atoms with van der Waals surface area (Å²) in [4.78, 5) is 12.7. The fourth-order valence-electron chi connectivity index (χ4n) is 2.28. The van der Waals surface area contributed by atoms with E-state index in [1.54, 1.807) is 6.07 Å². The van der Waals surface area contributed by atoms with Crippen molar-refractivity contribution in [3.05, 3.63) is 38.9 Å². The Kier molecular flexibility index (Phi) is 5.34. The molecule has 0 heterocycles. The van der Waals surface area contributed by atoms with Crippen molar-refractivity contribution in [3.63, 3.8) is 0 Å². The summed E-state index contributed by atoms with van der Waals surface area (Å²) in [5.41, 5.74) is 0.927. The van der Waals surface area contributed by atoms with Gasteiger partial charge in [0.15, 0.2) is 0 Å². The van der Waals surface area contributed by atoms with Gasteiger partial charge in [0.1, 0.15) is 0 Å². The van der Waals surface area contributed by atoms with E-state index in [1.165, 1.54) is 25.0 Å². The van der Waals surface area contributed by atoms with Gasteiger partial charge in [0.05, 0.1) is 9.95 Å². The summed E-state index contributed by atoms with van der Waals surface area (Å²) in [5, 5.41) is 14.4. The van der Waals surface area contributed by atoms with Crippen molar-refractivity contribution < 1.29 is 4.92 Å². The largest absolute Gasteiger partial charge is 0.311 e. The first-order chi connectivity index (χ1) is 9.61. The van der Waals surface area contributed by atoms with E-state index in [-0.39, 0.29) is 5.69 Å². The molecule has 0 amide bonds. The third-order valence-electron chi connectivity index (χ3n) is 3.61. The van der Waals surface area contributed by atoms with Gasteiger partial charge < -0.3 is 5.32 Å². The molecule has 1 saturated carbocycles. The molecule has 0 spiro atoms. The molecule has 20 heavy (non-hydrogen) atoms. The van der Waals surface area contributed by atoms with Gasteiger partial charge in [-0.15, -0.1) is 0 Å². The van der Waals surface area contributed by atoms with E-state index in [0.717, 1.165) is 31.2 Å². The van der Waals surface area contributed by atoms with Crippen molar-refractivity contribution in [1.82, 2.24) is 10.2 Å². The average molecular weight is 298 g/mol. The Bertz CT molecular complexity index is 477. The molecule has 0 aliphatic heterocycles. The fraction of sp³-hybridized carbons (Fsp3) is 0.571. The zero-order valence-electron chi connectivity index (χ0n) is 11.6. The van der Waals surface area contributed by atoms with Gasteiger partial charge in [0.2, 0.25) is 0 Å². The number of benzene rings is 1. The van der Waals surface area contributed by atoms with Crippen LogP contribution in [0.5, 0.6) is 0 Å². The smallest absolute Gasteiger partial charge is 0.270 e. The Hall–Kier alpha value is -1.17. The van der Waals surface area contributed by atoms with E-state index in [0.29, 0.717) is 11.6 Å². The second-order valence-electron chi connectivity index (χ2n) is 5.07. The number of nitrogens with one attached hydrogen (secondary N) is 1. The topological polar surface area (TPSA) is 58.4 Å². The monoisotopic (exact) mass is 297 g/mol. The molecule has 6 heteroatoms. The lowest BCUT2D eigenvalue weighted by molar-refractivity contribution is -0.384. The number of non-ortho nitro benzene ring substituents is 1. The molecule has 5 nitrogen and oxygen atoms in total. The van der Waals surface area contributed by atoms with Crippen LogP contribution < -0.4 is 5.32 Å². The summed E-state index contributed by atoms with van der Waals surface area (Å²) in [5.74, 6) is 0. The van der Waals surface area contributed by atoms with Crippen molar-refractivity contribution >= 4 is 17.3 Å². The molecule has 0 bridgehead atoms. The fourth-order valence-corrected chi connectivity index (χ4v) is 2.52. The SMILES string of the molecule is CCN(CCNCc1ccc([N+](=O)[O-])cc1Cl)C1CC1. The van der Waals surface area contributed by atoms with Crippen LogP contribution in [0.2, 0.25) is 5.02 Å². The van der Waals surface area contributed by atoms with E-state index >= 15 is 0 Å². The molecule has 2 rings (SSSR count). The van der Waals surface area contributed by atoms with Gasteiger partial charge in [-0.1, -0.05) is 18.5 Å². The molecule has 0 aromatic heterocycles. The highest BCUT2D eigenvalue weighted by molar-refractivity contribution is 6.31. The molecule has 1 aliphatic rings. The van der Waals surface area contributed by atoms with E-state index in [2.05, 4.69) is 17.1 Å². The predicted octanol–water partition coefficient (Wildman–Crippen LogP) is 2.82. The number of halogens is 1. The number of nitrogens with zero attached hydrogens (tertiary/aromatic N) is 2. The Morgan fingerprint density at radius 2 is 2.25 bits per heavy atom. The molecule has 1 aliphatic carbocycles. The van der Waals surface area contributed by atoms with E-state index < -0.39 is 4.92 Å². The molecule has 1 N–H and O–H groups in total. The van der Waals surface area contributed by atoms with Crippen LogP contribution in [0.25, 0.3) is 0 Å².